The fraction of sp³-hybridized carbons (Fsp3) is 0.250. The van der Waals surface area contributed by atoms with E-state index in [1.54, 1.807) is 18.2 Å². The van der Waals surface area contributed by atoms with Gasteiger partial charge in [0.1, 0.15) is 6.54 Å². The van der Waals surface area contributed by atoms with E-state index in [4.69, 9.17) is 4.74 Å². The van der Waals surface area contributed by atoms with E-state index in [2.05, 4.69) is 10.6 Å². The van der Waals surface area contributed by atoms with Crippen molar-refractivity contribution in [2.45, 2.75) is 20.3 Å². The highest BCUT2D eigenvalue weighted by atomic mass is 16.5. The second-order valence-corrected chi connectivity index (χ2v) is 5.81. The molecule has 6 nitrogen and oxygen atoms in total. The third kappa shape index (κ3) is 6.05. The van der Waals surface area contributed by atoms with Crippen molar-refractivity contribution in [2.24, 2.45) is 0 Å². The molecule has 26 heavy (non-hydrogen) atoms. The third-order valence-electron chi connectivity index (χ3n) is 3.69. The molecule has 0 radical (unpaired) electrons. The number of amides is 2. The predicted molar refractivity (Wildman–Crippen MR) is 98.9 cm³/mol. The number of carbonyl (C=O) groups excluding carboxylic acids is 3. The molecule has 6 heteroatoms. The smallest absolute Gasteiger partial charge is 0.325 e. The molecule has 2 aromatic rings. The largest absolute Gasteiger partial charge is 0.454 e. The number of nitrogens with one attached hydrogen (secondary N) is 2. The number of anilines is 1. The molecule has 0 aromatic heterocycles. The van der Waals surface area contributed by atoms with Crippen LogP contribution in [-0.2, 0) is 20.7 Å². The van der Waals surface area contributed by atoms with Crippen LogP contribution in [0.2, 0.25) is 0 Å². The second kappa shape index (κ2) is 9.36. The molecule has 0 heterocycles. The molecule has 0 bridgehead atoms. The van der Waals surface area contributed by atoms with E-state index in [1.807, 2.05) is 44.2 Å². The van der Waals surface area contributed by atoms with E-state index >= 15 is 0 Å². The van der Waals surface area contributed by atoms with Gasteiger partial charge in [0, 0.05) is 11.3 Å². The first-order valence-corrected chi connectivity index (χ1v) is 8.37. The maximum atomic E-state index is 11.9. The minimum absolute atomic E-state index is 0.300. The minimum atomic E-state index is -0.678. The molecular weight excluding hydrogens is 332 g/mol. The second-order valence-electron chi connectivity index (χ2n) is 5.81. The van der Waals surface area contributed by atoms with E-state index in [-0.39, 0.29) is 12.5 Å². The first-order valence-electron chi connectivity index (χ1n) is 8.37. The van der Waals surface area contributed by atoms with Gasteiger partial charge in [0.15, 0.2) is 6.61 Å². The highest BCUT2D eigenvalue weighted by molar-refractivity contribution is 5.96. The van der Waals surface area contributed by atoms with Crippen molar-refractivity contribution in [1.29, 1.82) is 0 Å². The van der Waals surface area contributed by atoms with E-state index in [1.165, 1.54) is 0 Å². The molecule has 2 amide bonds. The lowest BCUT2D eigenvalue weighted by atomic mass is 10.1. The predicted octanol–water partition coefficient (Wildman–Crippen LogP) is 2.47. The van der Waals surface area contributed by atoms with Crippen LogP contribution in [0.3, 0.4) is 0 Å². The molecule has 2 aromatic carbocycles. The van der Waals surface area contributed by atoms with Crippen molar-refractivity contribution >= 4 is 23.5 Å². The molecule has 0 atom stereocenters. The van der Waals surface area contributed by atoms with Crippen molar-refractivity contribution in [3.05, 3.63) is 65.2 Å². The summed E-state index contributed by atoms with van der Waals surface area (Å²) in [6, 6.07) is 14.4. The van der Waals surface area contributed by atoms with Gasteiger partial charge in [-0.2, -0.15) is 0 Å². The SMILES string of the molecule is CCc1cccc(NC(=O)COC(=O)CNC(=O)c2ccc(C)cc2)c1. The van der Waals surface area contributed by atoms with Gasteiger partial charge in [-0.15, -0.1) is 0 Å². The lowest BCUT2D eigenvalue weighted by Gasteiger charge is -2.08. The summed E-state index contributed by atoms with van der Waals surface area (Å²) in [5, 5.41) is 5.13. The molecule has 136 valence electrons. The number of hydrogen-bond donors (Lipinski definition) is 2. The molecule has 0 aliphatic heterocycles. The number of carbonyl (C=O) groups is 3. The van der Waals surface area contributed by atoms with Crippen LogP contribution in [0.15, 0.2) is 48.5 Å². The zero-order valence-electron chi connectivity index (χ0n) is 14.9. The molecule has 0 saturated carbocycles. The summed E-state index contributed by atoms with van der Waals surface area (Å²) in [6.45, 7) is 3.23. The molecular formula is C20H22N2O4. The van der Waals surface area contributed by atoms with Crippen LogP contribution in [0.5, 0.6) is 0 Å². The Labute approximate surface area is 152 Å². The van der Waals surface area contributed by atoms with Gasteiger partial charge in [-0.1, -0.05) is 36.8 Å². The Bertz CT molecular complexity index is 785. The number of aryl methyl sites for hydroxylation is 2. The number of rotatable bonds is 7. The van der Waals surface area contributed by atoms with Gasteiger partial charge in [-0.25, -0.2) is 0 Å². The van der Waals surface area contributed by atoms with Crippen molar-refractivity contribution < 1.29 is 19.1 Å². The summed E-state index contributed by atoms with van der Waals surface area (Å²) in [6.07, 6.45) is 0.860. The summed E-state index contributed by atoms with van der Waals surface area (Å²) in [5.41, 5.74) is 3.24. The summed E-state index contributed by atoms with van der Waals surface area (Å²) < 4.78 is 4.87. The van der Waals surface area contributed by atoms with Crippen LogP contribution in [0, 0.1) is 6.92 Å². The zero-order valence-corrected chi connectivity index (χ0v) is 14.9. The normalized spacial score (nSPS) is 10.1. The summed E-state index contributed by atoms with van der Waals surface area (Å²) in [4.78, 5) is 35.4. The first kappa shape index (κ1) is 19.2. The van der Waals surface area contributed by atoms with E-state index in [0.29, 0.717) is 11.3 Å². The van der Waals surface area contributed by atoms with Crippen LogP contribution in [-0.4, -0.2) is 30.9 Å². The number of esters is 1. The Morgan fingerprint density at radius 1 is 1.04 bits per heavy atom. The molecule has 0 saturated heterocycles. The van der Waals surface area contributed by atoms with Crippen molar-refractivity contribution in [3.63, 3.8) is 0 Å². The quantitative estimate of drug-likeness (QED) is 0.748. The molecule has 0 aliphatic carbocycles. The molecule has 0 fully saturated rings. The topological polar surface area (TPSA) is 84.5 Å². The Balaban J connectivity index is 1.73. The highest BCUT2D eigenvalue weighted by Gasteiger charge is 2.11. The minimum Gasteiger partial charge on any atom is -0.454 e. The third-order valence-corrected chi connectivity index (χ3v) is 3.69. The molecule has 0 spiro atoms. The van der Waals surface area contributed by atoms with Gasteiger partial charge in [0.05, 0.1) is 0 Å². The van der Waals surface area contributed by atoms with Crippen LogP contribution in [0.1, 0.15) is 28.4 Å². The van der Waals surface area contributed by atoms with Gasteiger partial charge in [0.25, 0.3) is 11.8 Å². The van der Waals surface area contributed by atoms with Crippen molar-refractivity contribution in [1.82, 2.24) is 5.32 Å². The molecule has 2 rings (SSSR count). The van der Waals surface area contributed by atoms with Gasteiger partial charge in [0.2, 0.25) is 0 Å². The zero-order chi connectivity index (χ0) is 18.9. The molecule has 0 unspecified atom stereocenters. The number of ether oxygens (including phenoxy) is 1. The van der Waals surface area contributed by atoms with Crippen molar-refractivity contribution in [2.75, 3.05) is 18.5 Å². The van der Waals surface area contributed by atoms with Gasteiger partial charge < -0.3 is 15.4 Å². The highest BCUT2D eigenvalue weighted by Crippen LogP contribution is 2.10. The van der Waals surface area contributed by atoms with Crippen LogP contribution in [0.4, 0.5) is 5.69 Å². The van der Waals surface area contributed by atoms with Crippen LogP contribution < -0.4 is 10.6 Å². The maximum Gasteiger partial charge on any atom is 0.325 e. The Morgan fingerprint density at radius 3 is 2.46 bits per heavy atom. The summed E-state index contributed by atoms with van der Waals surface area (Å²) >= 11 is 0. The Morgan fingerprint density at radius 2 is 1.77 bits per heavy atom. The summed E-state index contributed by atoms with van der Waals surface area (Å²) in [7, 11) is 0. The van der Waals surface area contributed by atoms with E-state index in [9.17, 15) is 14.4 Å². The molecule has 0 aliphatic rings. The molecule has 2 N–H and O–H groups in total. The lowest BCUT2D eigenvalue weighted by molar-refractivity contribution is -0.146. The maximum absolute atomic E-state index is 11.9. The van der Waals surface area contributed by atoms with Crippen molar-refractivity contribution in [3.8, 4) is 0 Å². The number of hydrogen-bond acceptors (Lipinski definition) is 4. The standard InChI is InChI=1S/C20H22N2O4/c1-3-15-5-4-6-17(11-15)22-18(23)13-26-19(24)12-21-20(25)16-9-7-14(2)8-10-16/h4-11H,3,12-13H2,1-2H3,(H,21,25)(H,22,23). The van der Waals surface area contributed by atoms with E-state index in [0.717, 1.165) is 17.5 Å². The Kier molecular flexibility index (Phi) is 6.91. The first-order chi connectivity index (χ1) is 12.5. The Hall–Kier alpha value is -3.15. The monoisotopic (exact) mass is 354 g/mol. The van der Waals surface area contributed by atoms with Crippen LogP contribution >= 0.6 is 0 Å². The average molecular weight is 354 g/mol. The average Bonchev–Trinajstić information content (AvgIpc) is 2.65. The fourth-order valence-corrected chi connectivity index (χ4v) is 2.22. The van der Waals surface area contributed by atoms with Crippen LogP contribution in [0.25, 0.3) is 0 Å². The fourth-order valence-electron chi connectivity index (χ4n) is 2.22. The van der Waals surface area contributed by atoms with Gasteiger partial charge in [-0.05, 0) is 43.2 Å². The van der Waals surface area contributed by atoms with E-state index < -0.39 is 18.5 Å². The summed E-state index contributed by atoms with van der Waals surface area (Å²) in [5.74, 6) is -1.48. The lowest BCUT2D eigenvalue weighted by Crippen LogP contribution is -2.32. The van der Waals surface area contributed by atoms with Gasteiger partial charge >= 0.3 is 5.97 Å². The van der Waals surface area contributed by atoms with Gasteiger partial charge in [-0.3, -0.25) is 14.4 Å². The number of benzene rings is 2.